The second-order valence-electron chi connectivity index (χ2n) is 3.92. The number of halogens is 1. The van der Waals surface area contributed by atoms with Crippen molar-refractivity contribution >= 4 is 17.9 Å². The molecule has 0 radical (unpaired) electrons. The molecule has 7 heteroatoms. The number of benzene rings is 1. The lowest BCUT2D eigenvalue weighted by molar-refractivity contribution is -0.105. The number of methoxy groups -OCH3 is 2. The molecule has 0 aliphatic heterocycles. The van der Waals surface area contributed by atoms with E-state index >= 15 is 0 Å². The normalized spacial score (nSPS) is 10.9. The van der Waals surface area contributed by atoms with E-state index in [4.69, 9.17) is 27.9 Å². The first-order valence-corrected chi connectivity index (χ1v) is 6.62. The largest absolute Gasteiger partial charge is 0.497 e. The minimum absolute atomic E-state index is 0.0239. The molecule has 0 aromatic heterocycles. The molecule has 21 heavy (non-hydrogen) atoms. The Labute approximate surface area is 130 Å². The topological polar surface area (TPSA) is 90.8 Å². The summed E-state index contributed by atoms with van der Waals surface area (Å²) < 4.78 is 9.57. The Hall–Kier alpha value is -1.76. The fraction of sp³-hybridized carbons (Fsp3) is 0.357. The Balaban J connectivity index is 0.000000885. The molecule has 0 spiro atoms. The molecule has 0 saturated heterocycles. The summed E-state index contributed by atoms with van der Waals surface area (Å²) in [5.41, 5.74) is 6.18. The maximum atomic E-state index is 10.4. The van der Waals surface area contributed by atoms with Crippen LogP contribution in [0.4, 0.5) is 0 Å². The maximum Gasteiger partial charge on any atom is 0.168 e. The average Bonchev–Trinajstić information content (AvgIpc) is 2.54. The minimum atomic E-state index is -0.0947. The molecule has 0 heterocycles. The van der Waals surface area contributed by atoms with Crippen LogP contribution in [0.25, 0.3) is 0 Å². The predicted molar refractivity (Wildman–Crippen MR) is 83.4 cm³/mol. The second-order valence-corrected chi connectivity index (χ2v) is 4.28. The Morgan fingerprint density at radius 3 is 2.24 bits per heavy atom. The summed E-state index contributed by atoms with van der Waals surface area (Å²) in [7, 11) is 3.27. The van der Waals surface area contributed by atoms with Crippen molar-refractivity contribution in [1.82, 2.24) is 5.01 Å². The Bertz CT molecular complexity index is 447. The van der Waals surface area contributed by atoms with Gasteiger partial charge in [-0.1, -0.05) is 23.7 Å². The van der Waals surface area contributed by atoms with Crippen LogP contribution in [0.5, 0.6) is 5.75 Å². The number of nitrogens with two attached hydrogens (primary N) is 2. The zero-order valence-electron chi connectivity index (χ0n) is 12.5. The summed E-state index contributed by atoms with van der Waals surface area (Å²) in [5, 5.41) is 1.23. The van der Waals surface area contributed by atoms with Crippen LogP contribution in [0.2, 0.25) is 0 Å². The number of carbonyl (C=O) groups excluding carboxylic acids is 1. The van der Waals surface area contributed by atoms with E-state index in [1.807, 2.05) is 31.2 Å². The van der Waals surface area contributed by atoms with Gasteiger partial charge in [0.05, 0.1) is 13.7 Å². The van der Waals surface area contributed by atoms with Crippen molar-refractivity contribution in [1.29, 1.82) is 0 Å². The summed E-state index contributed by atoms with van der Waals surface area (Å²) in [6.45, 7) is 3.12. The van der Waals surface area contributed by atoms with Crippen LogP contribution >= 0.6 is 11.6 Å². The number of hydrogen-bond acceptors (Lipinski definition) is 6. The maximum absolute atomic E-state index is 10.4. The van der Waals surface area contributed by atoms with Crippen LogP contribution in [0, 0.1) is 0 Å². The van der Waals surface area contributed by atoms with Gasteiger partial charge >= 0.3 is 0 Å². The van der Waals surface area contributed by atoms with Gasteiger partial charge in [-0.2, -0.15) is 0 Å². The van der Waals surface area contributed by atoms with Crippen molar-refractivity contribution in [3.8, 4) is 5.75 Å². The van der Waals surface area contributed by atoms with E-state index in [2.05, 4.69) is 4.74 Å². The second kappa shape index (κ2) is 11.0. The third kappa shape index (κ3) is 7.55. The van der Waals surface area contributed by atoms with Crippen LogP contribution < -0.4 is 16.3 Å². The van der Waals surface area contributed by atoms with E-state index in [9.17, 15) is 4.79 Å². The van der Waals surface area contributed by atoms with Gasteiger partial charge in [0, 0.05) is 13.7 Å². The molecule has 0 saturated carbocycles. The highest BCUT2D eigenvalue weighted by molar-refractivity contribution is 6.30. The van der Waals surface area contributed by atoms with E-state index in [0.29, 0.717) is 12.8 Å². The Morgan fingerprint density at radius 2 is 1.86 bits per heavy atom. The first-order valence-electron chi connectivity index (χ1n) is 6.24. The molecular weight excluding hydrogens is 294 g/mol. The van der Waals surface area contributed by atoms with Gasteiger partial charge in [-0.15, -0.1) is 0 Å². The molecule has 0 fully saturated rings. The average molecular weight is 316 g/mol. The van der Waals surface area contributed by atoms with Crippen molar-refractivity contribution < 1.29 is 14.3 Å². The molecule has 0 bridgehead atoms. The highest BCUT2D eigenvalue weighted by Crippen LogP contribution is 2.15. The summed E-state index contributed by atoms with van der Waals surface area (Å²) in [4.78, 5) is 10.4. The number of nitrogens with zero attached hydrogens (tertiary/aromatic N) is 1. The summed E-state index contributed by atoms with van der Waals surface area (Å²) >= 11 is 5.79. The molecule has 4 N–H and O–H groups in total. The molecule has 1 rings (SSSR count). The molecule has 118 valence electrons. The van der Waals surface area contributed by atoms with Gasteiger partial charge in [-0.05, 0) is 24.6 Å². The first kappa shape index (κ1) is 19.2. The molecule has 0 amide bonds. The van der Waals surface area contributed by atoms with Gasteiger partial charge in [0.1, 0.15) is 16.6 Å². The quantitative estimate of drug-likeness (QED) is 0.272. The third-order valence-electron chi connectivity index (χ3n) is 2.42. The number of aldehydes is 1. The Kier molecular flexibility index (Phi) is 10.0. The number of ether oxygens (including phenoxy) is 2. The van der Waals surface area contributed by atoms with Gasteiger partial charge < -0.3 is 15.2 Å². The fourth-order valence-electron chi connectivity index (χ4n) is 1.21. The molecule has 0 aliphatic rings. The molecule has 6 nitrogen and oxygen atoms in total. The van der Waals surface area contributed by atoms with Gasteiger partial charge in [-0.3, -0.25) is 9.80 Å². The minimum Gasteiger partial charge on any atom is -0.497 e. The van der Waals surface area contributed by atoms with Crippen LogP contribution in [0.15, 0.2) is 35.1 Å². The van der Waals surface area contributed by atoms with Crippen LogP contribution in [0.1, 0.15) is 12.5 Å². The van der Waals surface area contributed by atoms with Gasteiger partial charge in [0.25, 0.3) is 0 Å². The molecule has 1 aromatic carbocycles. The van der Waals surface area contributed by atoms with Gasteiger partial charge in [0.2, 0.25) is 0 Å². The highest BCUT2D eigenvalue weighted by atomic mass is 35.5. The van der Waals surface area contributed by atoms with Crippen molar-refractivity contribution in [3.05, 3.63) is 40.7 Å². The SMILES string of the molecule is CCOC.COc1ccc(CN(N)/C(Cl)=C(\N)C=O)cc1. The number of hydrazine groups is 1. The number of hydrogen-bond donors (Lipinski definition) is 2. The molecule has 0 atom stereocenters. The van der Waals surface area contributed by atoms with Crippen LogP contribution in [-0.4, -0.2) is 32.1 Å². The van der Waals surface area contributed by atoms with Crippen molar-refractivity contribution in [2.24, 2.45) is 11.6 Å². The predicted octanol–water partition coefficient (Wildman–Crippen LogP) is 1.59. The van der Waals surface area contributed by atoms with Crippen molar-refractivity contribution in [2.75, 3.05) is 20.8 Å². The Morgan fingerprint density at radius 1 is 1.33 bits per heavy atom. The first-order chi connectivity index (χ1) is 9.99. The van der Waals surface area contributed by atoms with E-state index < -0.39 is 0 Å². The summed E-state index contributed by atoms with van der Waals surface area (Å²) in [6.07, 6.45) is 0.455. The van der Waals surface area contributed by atoms with E-state index in [1.54, 1.807) is 14.2 Å². The molecular formula is C14H22ClN3O3. The molecule has 1 aromatic rings. The summed E-state index contributed by atoms with van der Waals surface area (Å²) in [6, 6.07) is 7.31. The van der Waals surface area contributed by atoms with Gasteiger partial charge in [0.15, 0.2) is 6.29 Å². The lowest BCUT2D eigenvalue weighted by Gasteiger charge is -2.18. The van der Waals surface area contributed by atoms with Crippen molar-refractivity contribution in [3.63, 3.8) is 0 Å². The van der Waals surface area contributed by atoms with E-state index in [1.165, 1.54) is 5.01 Å². The molecule has 0 unspecified atom stereocenters. The number of rotatable bonds is 6. The lowest BCUT2D eigenvalue weighted by atomic mass is 10.2. The highest BCUT2D eigenvalue weighted by Gasteiger charge is 2.07. The van der Waals surface area contributed by atoms with E-state index in [-0.39, 0.29) is 10.9 Å². The van der Waals surface area contributed by atoms with Crippen LogP contribution in [-0.2, 0) is 16.1 Å². The van der Waals surface area contributed by atoms with E-state index in [0.717, 1.165) is 17.9 Å². The van der Waals surface area contributed by atoms with Crippen LogP contribution in [0.3, 0.4) is 0 Å². The number of carbonyl (C=O) groups is 1. The fourth-order valence-corrected chi connectivity index (χ4v) is 1.32. The monoisotopic (exact) mass is 315 g/mol. The zero-order valence-corrected chi connectivity index (χ0v) is 13.3. The standard InChI is InChI=1S/C11H14ClN3O2.C3H8O/c1-17-9-4-2-8(3-5-9)6-15(14)11(12)10(13)7-16;1-3-4-2/h2-5,7H,6,13-14H2,1H3;3H2,1-2H3/b11-10-;. The molecule has 0 aliphatic carbocycles. The van der Waals surface area contributed by atoms with Gasteiger partial charge in [-0.25, -0.2) is 5.84 Å². The third-order valence-corrected chi connectivity index (χ3v) is 2.85. The summed E-state index contributed by atoms with van der Waals surface area (Å²) in [5.74, 6) is 6.43. The smallest absolute Gasteiger partial charge is 0.168 e. The number of allylic oxidation sites excluding steroid dienone is 1. The van der Waals surface area contributed by atoms with Crippen molar-refractivity contribution in [2.45, 2.75) is 13.5 Å². The zero-order chi connectivity index (χ0) is 16.3. The lowest BCUT2D eigenvalue weighted by Crippen LogP contribution is -2.29.